The number of carbonyl (C=O) groups excluding carboxylic acids is 3. The predicted octanol–water partition coefficient (Wildman–Crippen LogP) is 0.000800. The van der Waals surface area contributed by atoms with E-state index < -0.39 is 12.1 Å². The molecular formula is C28H35NaO9. The van der Waals surface area contributed by atoms with Crippen molar-refractivity contribution in [3.05, 3.63) is 46.5 Å². The molecule has 9 nitrogen and oxygen atoms in total. The molecule has 2 aromatic carbocycles. The summed E-state index contributed by atoms with van der Waals surface area (Å²) in [5.74, 6) is -0.207. The number of carboxylic acid groups (broad SMARTS) is 1. The Morgan fingerprint density at radius 3 is 2.21 bits per heavy atom. The topological polar surface area (TPSA) is 154 Å². The van der Waals surface area contributed by atoms with Gasteiger partial charge in [-0.05, 0) is 76.1 Å². The minimum Gasteiger partial charge on any atom is -0.546 e. The second-order valence-corrected chi connectivity index (χ2v) is 8.98. The van der Waals surface area contributed by atoms with Crippen molar-refractivity contribution in [2.75, 3.05) is 13.2 Å². The number of aryl methyl sites for hydroxylation is 1. The molecule has 202 valence electrons. The molecule has 0 amide bonds. The molecular weight excluding hydrogens is 503 g/mol. The predicted molar refractivity (Wildman–Crippen MR) is 135 cm³/mol. The van der Waals surface area contributed by atoms with E-state index in [1.807, 2.05) is 6.92 Å². The fourth-order valence-electron chi connectivity index (χ4n) is 4.24. The van der Waals surface area contributed by atoms with Gasteiger partial charge in [0.25, 0.3) is 0 Å². The summed E-state index contributed by atoms with van der Waals surface area (Å²) in [5, 5.41) is 21.6. The Morgan fingerprint density at radius 2 is 1.63 bits per heavy atom. The summed E-state index contributed by atoms with van der Waals surface area (Å²) >= 11 is 0. The van der Waals surface area contributed by atoms with Crippen molar-refractivity contribution in [2.45, 2.75) is 71.8 Å². The van der Waals surface area contributed by atoms with E-state index in [4.69, 9.17) is 14.2 Å². The van der Waals surface area contributed by atoms with Crippen LogP contribution in [0.1, 0.15) is 84.7 Å². The van der Waals surface area contributed by atoms with Gasteiger partial charge in [0, 0.05) is 11.6 Å². The van der Waals surface area contributed by atoms with Crippen molar-refractivity contribution in [3.63, 3.8) is 0 Å². The number of unbranched alkanes of at least 4 members (excludes halogenated alkanes) is 2. The number of phenols is 1. The van der Waals surface area contributed by atoms with Gasteiger partial charge in [-0.1, -0.05) is 13.3 Å². The van der Waals surface area contributed by atoms with Crippen LogP contribution in [0.15, 0.2) is 24.3 Å². The summed E-state index contributed by atoms with van der Waals surface area (Å²) < 4.78 is 17.3. The van der Waals surface area contributed by atoms with E-state index >= 15 is 0 Å². The van der Waals surface area contributed by atoms with Crippen LogP contribution >= 0.6 is 0 Å². The molecule has 10 heteroatoms. The second kappa shape index (κ2) is 15.7. The molecule has 0 radical (unpaired) electrons. The monoisotopic (exact) mass is 538 g/mol. The van der Waals surface area contributed by atoms with Crippen LogP contribution in [-0.2, 0) is 17.6 Å². The van der Waals surface area contributed by atoms with Gasteiger partial charge in [-0.2, -0.15) is 0 Å². The van der Waals surface area contributed by atoms with E-state index in [9.17, 15) is 24.6 Å². The van der Waals surface area contributed by atoms with Crippen molar-refractivity contribution in [1.29, 1.82) is 0 Å². The van der Waals surface area contributed by atoms with Gasteiger partial charge in [-0.3, -0.25) is 9.59 Å². The van der Waals surface area contributed by atoms with Gasteiger partial charge in [0.05, 0.1) is 30.3 Å². The van der Waals surface area contributed by atoms with Crippen LogP contribution in [-0.4, -0.2) is 47.4 Å². The third kappa shape index (κ3) is 8.46. The number of benzene rings is 2. The van der Waals surface area contributed by atoms with Crippen molar-refractivity contribution in [1.82, 2.24) is 0 Å². The number of ether oxygens (including phenoxy) is 3. The number of Topliss-reactive ketones (excluding diaryl/α,β-unsaturated/α-hetero) is 2. The van der Waals surface area contributed by atoms with Crippen molar-refractivity contribution >= 4 is 17.5 Å². The molecule has 1 unspecified atom stereocenters. The smallest absolute Gasteiger partial charge is 0.546 e. The van der Waals surface area contributed by atoms with E-state index in [2.05, 4.69) is 0 Å². The van der Waals surface area contributed by atoms with Crippen LogP contribution in [0.3, 0.4) is 0 Å². The number of hydrogen-bond donors (Lipinski definition) is 1. The second-order valence-electron chi connectivity index (χ2n) is 8.98. The summed E-state index contributed by atoms with van der Waals surface area (Å²) in [5.41, 5.74) is 2.19. The maximum Gasteiger partial charge on any atom is 1.00 e. The first-order valence-electron chi connectivity index (χ1n) is 12.4. The number of aliphatic carboxylic acids is 1. The largest absolute Gasteiger partial charge is 1.00 e. The molecule has 0 aromatic heterocycles. The van der Waals surface area contributed by atoms with Crippen LogP contribution in [0.4, 0.5) is 0 Å². The third-order valence-electron chi connectivity index (χ3n) is 6.17. The number of aromatic hydroxyl groups is 1. The van der Waals surface area contributed by atoms with Crippen molar-refractivity contribution in [3.8, 4) is 23.0 Å². The van der Waals surface area contributed by atoms with Crippen LogP contribution in [0.25, 0.3) is 0 Å². The minimum absolute atomic E-state index is 0. The van der Waals surface area contributed by atoms with Crippen LogP contribution in [0.5, 0.6) is 23.0 Å². The van der Waals surface area contributed by atoms with Crippen LogP contribution in [0.2, 0.25) is 0 Å². The number of carbonyl (C=O) groups is 3. The molecule has 0 saturated carbocycles. The Morgan fingerprint density at radius 1 is 1.00 bits per heavy atom. The molecule has 0 aliphatic carbocycles. The Bertz CT molecular complexity index is 1130. The van der Waals surface area contributed by atoms with Gasteiger partial charge in [-0.15, -0.1) is 0 Å². The number of hydrogen-bond acceptors (Lipinski definition) is 8. The summed E-state index contributed by atoms with van der Waals surface area (Å²) in [6.07, 6.45) is 3.49. The quantitative estimate of drug-likeness (QED) is 0.212. The first kappa shape index (κ1) is 33.4. The normalized spacial score (nSPS) is 13.7. The van der Waals surface area contributed by atoms with Crippen LogP contribution in [0, 0.1) is 0 Å². The number of fused-ring (bicyclic) bond motifs is 1. The summed E-state index contributed by atoms with van der Waals surface area (Å²) in [6.45, 7) is 5.71. The molecule has 0 bridgehead atoms. The third-order valence-corrected chi connectivity index (χ3v) is 6.17. The van der Waals surface area contributed by atoms with E-state index in [0.717, 1.165) is 31.2 Å². The van der Waals surface area contributed by atoms with Crippen molar-refractivity contribution < 1.29 is 73.8 Å². The van der Waals surface area contributed by atoms with Gasteiger partial charge in [0.15, 0.2) is 11.6 Å². The maximum absolute atomic E-state index is 12.1. The van der Waals surface area contributed by atoms with Gasteiger partial charge in [0.2, 0.25) is 0 Å². The van der Waals surface area contributed by atoms with Gasteiger partial charge in [-0.25, -0.2) is 0 Å². The van der Waals surface area contributed by atoms with E-state index in [-0.39, 0.29) is 52.3 Å². The van der Waals surface area contributed by atoms with Gasteiger partial charge < -0.3 is 34.7 Å². The Kier molecular flexibility index (Phi) is 13.8. The molecule has 0 saturated heterocycles. The molecule has 0 spiro atoms. The van der Waals surface area contributed by atoms with E-state index in [1.54, 1.807) is 24.3 Å². The minimum atomic E-state index is -1.26. The molecule has 1 aliphatic rings. The molecule has 3 N–H and O–H groups in total. The fraction of sp³-hybridized carbons (Fsp3) is 0.464. The average Bonchev–Trinajstić information content (AvgIpc) is 2.84. The summed E-state index contributed by atoms with van der Waals surface area (Å²) in [6, 6.07) is 6.63. The maximum atomic E-state index is 12.1. The number of phenolic OH excluding ortho intramolecular Hbond substituents is 1. The molecule has 2 aromatic rings. The number of carboxylic acids is 1. The van der Waals surface area contributed by atoms with Gasteiger partial charge >= 0.3 is 29.6 Å². The van der Waals surface area contributed by atoms with Crippen molar-refractivity contribution in [2.24, 2.45) is 0 Å². The average molecular weight is 539 g/mol. The first-order chi connectivity index (χ1) is 17.2. The number of rotatable bonds is 13. The molecule has 1 aliphatic heterocycles. The number of ketones is 2. The Labute approximate surface area is 245 Å². The zero-order valence-electron chi connectivity index (χ0n) is 22.6. The molecule has 1 atom stereocenters. The summed E-state index contributed by atoms with van der Waals surface area (Å²) in [4.78, 5) is 35.0. The van der Waals surface area contributed by atoms with Crippen LogP contribution < -0.4 is 48.9 Å². The first-order valence-corrected chi connectivity index (χ1v) is 12.4. The molecule has 3 rings (SSSR count). The SMILES string of the molecule is CCCc1c(OCCCCCOc2cc3c(cc2C(C)=O)CCC(C(=O)[O-])O3)ccc(C(C)=O)c1O.O.[Na+]. The summed E-state index contributed by atoms with van der Waals surface area (Å²) in [7, 11) is 0. The standard InChI is InChI=1S/C28H34O8.Na.H2O/c1-4-8-21-23(12-10-20(17(2)29)27(21)31)34-13-6-5-7-14-35-26-16-25-19(15-22(26)18(3)30)9-11-24(36-25)28(32)33;;/h10,12,15-16,24,31H,4-9,11,13-14H2,1-3H3,(H,32,33);;1H2/q;+1;/p-1. The molecule has 38 heavy (non-hydrogen) atoms. The Balaban J connectivity index is 0.00000361. The molecule has 0 fully saturated rings. The van der Waals surface area contributed by atoms with Gasteiger partial charge in [0.1, 0.15) is 29.1 Å². The Hall–Kier alpha value is -2.59. The fourth-order valence-corrected chi connectivity index (χ4v) is 4.24. The van der Waals surface area contributed by atoms with E-state index in [1.165, 1.54) is 13.8 Å². The van der Waals surface area contributed by atoms with E-state index in [0.29, 0.717) is 66.4 Å². The zero-order valence-corrected chi connectivity index (χ0v) is 24.6. The molecule has 1 heterocycles. The zero-order chi connectivity index (χ0) is 26.2.